The van der Waals surface area contributed by atoms with Crippen LogP contribution in [0, 0.1) is 0 Å². The van der Waals surface area contributed by atoms with Crippen molar-refractivity contribution in [3.05, 3.63) is 82.6 Å². The summed E-state index contributed by atoms with van der Waals surface area (Å²) in [5.74, 6) is 0. The van der Waals surface area contributed by atoms with Crippen LogP contribution < -0.4 is 0 Å². The topological polar surface area (TPSA) is 0 Å². The van der Waals surface area contributed by atoms with Crippen LogP contribution in [0.2, 0.25) is 0 Å². The summed E-state index contributed by atoms with van der Waals surface area (Å²) in [5, 5.41) is 5.74. The van der Waals surface area contributed by atoms with Crippen LogP contribution in [0.15, 0.2) is 72.8 Å². The second-order valence-corrected chi connectivity index (χ2v) is 19.0. The molecule has 0 nitrogen and oxygen atoms in total. The molecule has 234 valence electrons. The number of aryl methyl sites for hydroxylation is 2. The molecule has 0 bridgehead atoms. The molecule has 0 saturated carbocycles. The summed E-state index contributed by atoms with van der Waals surface area (Å²) in [6, 6.07) is 28.5. The van der Waals surface area contributed by atoms with Gasteiger partial charge < -0.3 is 0 Å². The van der Waals surface area contributed by atoms with Gasteiger partial charge in [0, 0.05) is 79.4 Å². The molecule has 0 aliphatic carbocycles. The Morgan fingerprint density at radius 3 is 1.13 bits per heavy atom. The minimum Gasteiger partial charge on any atom is -0.140 e. The molecule has 6 heterocycles. The van der Waals surface area contributed by atoms with Crippen LogP contribution in [-0.2, 0) is 12.8 Å². The number of thiophene rings is 6. The van der Waals surface area contributed by atoms with Crippen molar-refractivity contribution in [1.82, 2.24) is 0 Å². The number of hydrogen-bond donors (Lipinski definition) is 0. The van der Waals surface area contributed by atoms with Crippen LogP contribution in [0.5, 0.6) is 0 Å². The van der Waals surface area contributed by atoms with E-state index in [-0.39, 0.29) is 0 Å². The third kappa shape index (κ3) is 6.18. The summed E-state index contributed by atoms with van der Waals surface area (Å²) < 4.78 is 5.67. The minimum atomic E-state index is 1.22. The van der Waals surface area contributed by atoms with Gasteiger partial charge in [-0.15, -0.1) is 68.0 Å². The first kappa shape index (κ1) is 31.0. The van der Waals surface area contributed by atoms with E-state index in [1.165, 1.54) is 134 Å². The van der Waals surface area contributed by atoms with Crippen molar-refractivity contribution >= 4 is 108 Å². The highest BCUT2D eigenvalue weighted by Crippen LogP contribution is 2.47. The Balaban J connectivity index is 1.02. The molecule has 0 saturated heterocycles. The Hall–Kier alpha value is -2.32. The van der Waals surface area contributed by atoms with Crippen LogP contribution in [0.3, 0.4) is 0 Å². The first-order valence-corrected chi connectivity index (χ1v) is 21.7. The van der Waals surface area contributed by atoms with Gasteiger partial charge in [-0.3, -0.25) is 0 Å². The highest BCUT2D eigenvalue weighted by atomic mass is 32.1. The molecule has 0 N–H and O–H groups in total. The van der Waals surface area contributed by atoms with E-state index >= 15 is 0 Å². The molecule has 0 spiro atoms. The fourth-order valence-electron chi connectivity index (χ4n) is 6.51. The molecule has 0 fully saturated rings. The molecule has 2 aromatic carbocycles. The third-order valence-corrected chi connectivity index (χ3v) is 16.3. The van der Waals surface area contributed by atoms with E-state index in [4.69, 9.17) is 0 Å². The second kappa shape index (κ2) is 13.7. The van der Waals surface area contributed by atoms with Gasteiger partial charge in [0.15, 0.2) is 0 Å². The molecular weight excluding hydrogens is 673 g/mol. The zero-order chi connectivity index (χ0) is 31.0. The van der Waals surface area contributed by atoms with E-state index in [0.29, 0.717) is 0 Å². The number of hydrogen-bond acceptors (Lipinski definition) is 6. The fourth-order valence-corrected chi connectivity index (χ4v) is 13.2. The summed E-state index contributed by atoms with van der Waals surface area (Å²) in [7, 11) is 0. The van der Waals surface area contributed by atoms with Gasteiger partial charge in [-0.2, -0.15) is 0 Å². The van der Waals surface area contributed by atoms with Crippen LogP contribution >= 0.6 is 68.0 Å². The molecule has 0 atom stereocenters. The maximum Gasteiger partial charge on any atom is 0.0455 e. The van der Waals surface area contributed by atoms with E-state index in [2.05, 4.69) is 86.6 Å². The van der Waals surface area contributed by atoms with Gasteiger partial charge in [-0.25, -0.2) is 0 Å². The lowest BCUT2D eigenvalue weighted by Gasteiger charge is -1.96. The summed E-state index contributed by atoms with van der Waals surface area (Å²) in [4.78, 5) is 11.3. The molecule has 0 amide bonds. The number of fused-ring (bicyclic) bond motifs is 6. The van der Waals surface area contributed by atoms with Gasteiger partial charge in [0.25, 0.3) is 0 Å². The monoisotopic (exact) mass is 710 g/mol. The van der Waals surface area contributed by atoms with Crippen molar-refractivity contribution in [3.8, 4) is 29.3 Å². The molecule has 0 unspecified atom stereocenters. The predicted octanol–water partition coefficient (Wildman–Crippen LogP) is 15.9. The van der Waals surface area contributed by atoms with E-state index < -0.39 is 0 Å². The van der Waals surface area contributed by atoms with Gasteiger partial charge in [-0.1, -0.05) is 52.4 Å². The Morgan fingerprint density at radius 2 is 0.717 bits per heavy atom. The number of unbranched alkanes of at least 4 members (excludes halogenated alkanes) is 6. The maximum atomic E-state index is 2.47. The van der Waals surface area contributed by atoms with Gasteiger partial charge in [0.2, 0.25) is 0 Å². The number of benzene rings is 2. The standard InChI is InChI=1S/C40H38S6/c1-3-5-7-9-11-25-21-27-29-23-39(43-33(29)15-13-31(27)41-25)37-19-17-35(45-37)36-18-20-38(46-36)40-24-30-28-22-26(12-10-8-6-4-2)42-32(28)14-16-34(30)44-40/h13-24H,3-12H2,1-2H3. The molecule has 0 radical (unpaired) electrons. The first-order chi connectivity index (χ1) is 22.7. The molecule has 6 aromatic heterocycles. The zero-order valence-corrected chi connectivity index (χ0v) is 31.3. The van der Waals surface area contributed by atoms with E-state index in [9.17, 15) is 0 Å². The molecule has 0 aliphatic heterocycles. The Labute approximate surface area is 296 Å². The van der Waals surface area contributed by atoms with Crippen LogP contribution in [0.4, 0.5) is 0 Å². The fraction of sp³-hybridized carbons (Fsp3) is 0.300. The zero-order valence-electron chi connectivity index (χ0n) is 26.4. The van der Waals surface area contributed by atoms with Crippen molar-refractivity contribution in [2.45, 2.75) is 78.1 Å². The lowest BCUT2D eigenvalue weighted by molar-refractivity contribution is 0.670. The summed E-state index contributed by atoms with van der Waals surface area (Å²) in [6.45, 7) is 4.58. The van der Waals surface area contributed by atoms with E-state index in [1.807, 2.05) is 68.0 Å². The SMILES string of the molecule is CCCCCCc1cc2c(ccc3sc(-c4ccc(-c5ccc(-c6cc7c(ccc8sc(CCCCCC)cc87)s6)s5)s4)cc32)s1. The number of rotatable bonds is 13. The van der Waals surface area contributed by atoms with Crippen molar-refractivity contribution < 1.29 is 0 Å². The molecule has 0 aliphatic rings. The minimum absolute atomic E-state index is 1.22. The highest BCUT2D eigenvalue weighted by Gasteiger charge is 2.15. The van der Waals surface area contributed by atoms with Gasteiger partial charge >= 0.3 is 0 Å². The average Bonchev–Trinajstić information content (AvgIpc) is 3.90. The molecule has 6 heteroatoms. The average molecular weight is 711 g/mol. The van der Waals surface area contributed by atoms with Crippen molar-refractivity contribution in [2.24, 2.45) is 0 Å². The molecule has 8 aromatic rings. The lowest BCUT2D eigenvalue weighted by atomic mass is 10.1. The molecular formula is C40H38S6. The summed E-state index contributed by atoms with van der Waals surface area (Å²) >= 11 is 11.7. The summed E-state index contributed by atoms with van der Waals surface area (Å²) in [6.07, 6.45) is 13.0. The summed E-state index contributed by atoms with van der Waals surface area (Å²) in [5.41, 5.74) is 0. The van der Waals surface area contributed by atoms with Crippen LogP contribution in [0.25, 0.3) is 69.6 Å². The largest absolute Gasteiger partial charge is 0.140 e. The third-order valence-electron chi connectivity index (χ3n) is 8.99. The van der Waals surface area contributed by atoms with Crippen LogP contribution in [-0.4, -0.2) is 0 Å². The molecule has 8 rings (SSSR count). The maximum absolute atomic E-state index is 2.47. The normalized spacial score (nSPS) is 12.1. The predicted molar refractivity (Wildman–Crippen MR) is 216 cm³/mol. The Bertz CT molecular complexity index is 2100. The van der Waals surface area contributed by atoms with Crippen LogP contribution in [0.1, 0.15) is 75.0 Å². The molecule has 46 heavy (non-hydrogen) atoms. The second-order valence-electron chi connectivity index (χ2n) is 12.4. The van der Waals surface area contributed by atoms with Crippen molar-refractivity contribution in [1.29, 1.82) is 0 Å². The van der Waals surface area contributed by atoms with Gasteiger partial charge in [-0.05, 0) is 98.5 Å². The quantitative estimate of drug-likeness (QED) is 0.105. The first-order valence-electron chi connectivity index (χ1n) is 16.8. The lowest BCUT2D eigenvalue weighted by Crippen LogP contribution is -1.80. The van der Waals surface area contributed by atoms with E-state index in [0.717, 1.165) is 0 Å². The highest BCUT2D eigenvalue weighted by molar-refractivity contribution is 7.30. The van der Waals surface area contributed by atoms with Crippen molar-refractivity contribution in [2.75, 3.05) is 0 Å². The smallest absolute Gasteiger partial charge is 0.0455 e. The van der Waals surface area contributed by atoms with Gasteiger partial charge in [0.05, 0.1) is 0 Å². The Morgan fingerprint density at radius 1 is 0.348 bits per heavy atom. The van der Waals surface area contributed by atoms with E-state index in [1.54, 1.807) is 9.75 Å². The van der Waals surface area contributed by atoms with Gasteiger partial charge in [0.1, 0.15) is 0 Å². The Kier molecular flexibility index (Phi) is 9.20. The van der Waals surface area contributed by atoms with Crippen molar-refractivity contribution in [3.63, 3.8) is 0 Å².